The zero-order valence-electron chi connectivity index (χ0n) is 8.53. The first kappa shape index (κ1) is 12.0. The summed E-state index contributed by atoms with van der Waals surface area (Å²) in [6.07, 6.45) is 2.40. The predicted octanol–water partition coefficient (Wildman–Crippen LogP) is 1.03. The maximum Gasteiger partial charge on any atom is 0.303 e. The fourth-order valence-corrected chi connectivity index (χ4v) is 1.30. The van der Waals surface area contributed by atoms with Crippen LogP contribution in [0.4, 0.5) is 0 Å². The summed E-state index contributed by atoms with van der Waals surface area (Å²) < 4.78 is 1.78. The van der Waals surface area contributed by atoms with Gasteiger partial charge in [0.1, 0.15) is 11.0 Å². The molecule has 0 unspecified atom stereocenters. The van der Waals surface area contributed by atoms with Crippen LogP contribution in [-0.4, -0.2) is 27.2 Å². The van der Waals surface area contributed by atoms with E-state index in [1.54, 1.807) is 10.8 Å². The van der Waals surface area contributed by atoms with Gasteiger partial charge in [0.15, 0.2) is 0 Å². The SMILES string of the molecule is Cn1c(Cl)cnc1CNCCCC(=O)O. The zero-order chi connectivity index (χ0) is 11.3. The maximum absolute atomic E-state index is 10.2. The number of carbonyl (C=O) groups is 1. The number of halogens is 1. The number of hydrogen-bond acceptors (Lipinski definition) is 3. The Hall–Kier alpha value is -1.07. The van der Waals surface area contributed by atoms with Crippen LogP contribution in [0.1, 0.15) is 18.7 Å². The minimum absolute atomic E-state index is 0.189. The van der Waals surface area contributed by atoms with Crippen molar-refractivity contribution in [3.05, 3.63) is 17.2 Å². The highest BCUT2D eigenvalue weighted by Crippen LogP contribution is 2.08. The summed E-state index contributed by atoms with van der Waals surface area (Å²) >= 11 is 5.81. The molecule has 0 aliphatic carbocycles. The Morgan fingerprint density at radius 3 is 3.00 bits per heavy atom. The Bertz CT molecular complexity index is 338. The number of imidazole rings is 1. The van der Waals surface area contributed by atoms with Crippen molar-refractivity contribution >= 4 is 17.6 Å². The largest absolute Gasteiger partial charge is 0.481 e. The number of rotatable bonds is 6. The third kappa shape index (κ3) is 3.89. The Balaban J connectivity index is 2.20. The summed E-state index contributed by atoms with van der Waals surface area (Å²) in [5, 5.41) is 12.1. The summed E-state index contributed by atoms with van der Waals surface area (Å²) in [5.74, 6) is 0.0761. The summed E-state index contributed by atoms with van der Waals surface area (Å²) in [7, 11) is 1.84. The number of nitrogens with zero attached hydrogens (tertiary/aromatic N) is 2. The van der Waals surface area contributed by atoms with Gasteiger partial charge in [-0.25, -0.2) is 4.98 Å². The second-order valence-electron chi connectivity index (χ2n) is 3.23. The van der Waals surface area contributed by atoms with Crippen LogP contribution in [0.15, 0.2) is 6.20 Å². The molecule has 0 radical (unpaired) electrons. The molecule has 0 fully saturated rings. The van der Waals surface area contributed by atoms with Gasteiger partial charge >= 0.3 is 5.97 Å². The van der Waals surface area contributed by atoms with Crippen LogP contribution >= 0.6 is 11.6 Å². The van der Waals surface area contributed by atoms with Crippen molar-refractivity contribution in [1.29, 1.82) is 0 Å². The molecule has 0 amide bonds. The molecule has 15 heavy (non-hydrogen) atoms. The monoisotopic (exact) mass is 231 g/mol. The molecule has 0 atom stereocenters. The van der Waals surface area contributed by atoms with Crippen LogP contribution in [0, 0.1) is 0 Å². The van der Waals surface area contributed by atoms with Crippen LogP contribution in [0.2, 0.25) is 5.15 Å². The van der Waals surface area contributed by atoms with Crippen molar-refractivity contribution in [3.63, 3.8) is 0 Å². The standard InChI is InChI=1S/C9H14ClN3O2/c1-13-7(10)5-12-8(13)6-11-4-2-3-9(14)15/h5,11H,2-4,6H2,1H3,(H,14,15). The molecular formula is C9H14ClN3O2. The highest BCUT2D eigenvalue weighted by molar-refractivity contribution is 6.29. The molecule has 6 heteroatoms. The molecule has 0 bridgehead atoms. The number of carboxylic acid groups (broad SMARTS) is 1. The molecule has 84 valence electrons. The topological polar surface area (TPSA) is 67.2 Å². The van der Waals surface area contributed by atoms with Crippen molar-refractivity contribution in [1.82, 2.24) is 14.9 Å². The van der Waals surface area contributed by atoms with E-state index in [0.717, 1.165) is 5.82 Å². The molecule has 0 aliphatic heterocycles. The number of carboxylic acids is 1. The minimum Gasteiger partial charge on any atom is -0.481 e. The van der Waals surface area contributed by atoms with Gasteiger partial charge in [0.05, 0.1) is 12.7 Å². The van der Waals surface area contributed by atoms with Gasteiger partial charge in [-0.05, 0) is 13.0 Å². The van der Waals surface area contributed by atoms with E-state index in [1.807, 2.05) is 7.05 Å². The quantitative estimate of drug-likeness (QED) is 0.718. The van der Waals surface area contributed by atoms with Gasteiger partial charge in [-0.3, -0.25) is 4.79 Å². The fraction of sp³-hybridized carbons (Fsp3) is 0.556. The molecule has 1 aromatic rings. The van der Waals surface area contributed by atoms with E-state index in [2.05, 4.69) is 10.3 Å². The fourth-order valence-electron chi connectivity index (χ4n) is 1.15. The molecule has 1 heterocycles. The third-order valence-corrected chi connectivity index (χ3v) is 2.41. The normalized spacial score (nSPS) is 10.5. The maximum atomic E-state index is 10.2. The predicted molar refractivity (Wildman–Crippen MR) is 56.8 cm³/mol. The summed E-state index contributed by atoms with van der Waals surface area (Å²) in [4.78, 5) is 14.3. The highest BCUT2D eigenvalue weighted by atomic mass is 35.5. The molecule has 0 spiro atoms. The van der Waals surface area contributed by atoms with E-state index < -0.39 is 5.97 Å². The lowest BCUT2D eigenvalue weighted by Crippen LogP contribution is -2.18. The first-order chi connectivity index (χ1) is 7.11. The number of aliphatic carboxylic acids is 1. The summed E-state index contributed by atoms with van der Waals surface area (Å²) in [6, 6.07) is 0. The first-order valence-electron chi connectivity index (χ1n) is 4.70. The second-order valence-corrected chi connectivity index (χ2v) is 3.62. The van der Waals surface area contributed by atoms with Crippen molar-refractivity contribution in [2.75, 3.05) is 6.54 Å². The van der Waals surface area contributed by atoms with Gasteiger partial charge < -0.3 is 15.0 Å². The van der Waals surface area contributed by atoms with Crippen molar-refractivity contribution < 1.29 is 9.90 Å². The molecular weight excluding hydrogens is 218 g/mol. The highest BCUT2D eigenvalue weighted by Gasteiger charge is 2.03. The number of nitrogens with one attached hydrogen (secondary N) is 1. The third-order valence-electron chi connectivity index (χ3n) is 2.06. The number of hydrogen-bond donors (Lipinski definition) is 2. The average molecular weight is 232 g/mol. The van der Waals surface area contributed by atoms with Crippen LogP contribution in [-0.2, 0) is 18.4 Å². The molecule has 0 aromatic carbocycles. The Morgan fingerprint density at radius 1 is 1.73 bits per heavy atom. The van der Waals surface area contributed by atoms with E-state index in [0.29, 0.717) is 24.7 Å². The smallest absolute Gasteiger partial charge is 0.303 e. The van der Waals surface area contributed by atoms with E-state index in [-0.39, 0.29) is 6.42 Å². The lowest BCUT2D eigenvalue weighted by molar-refractivity contribution is -0.137. The molecule has 1 rings (SSSR count). The molecule has 2 N–H and O–H groups in total. The van der Waals surface area contributed by atoms with Crippen molar-refractivity contribution in [2.45, 2.75) is 19.4 Å². The number of aromatic nitrogens is 2. The lowest BCUT2D eigenvalue weighted by atomic mass is 10.3. The van der Waals surface area contributed by atoms with E-state index >= 15 is 0 Å². The Morgan fingerprint density at radius 2 is 2.47 bits per heavy atom. The molecule has 0 aliphatic rings. The summed E-state index contributed by atoms with van der Waals surface area (Å²) in [5.41, 5.74) is 0. The second kappa shape index (κ2) is 5.72. The van der Waals surface area contributed by atoms with Crippen molar-refractivity contribution in [2.24, 2.45) is 7.05 Å². The van der Waals surface area contributed by atoms with E-state index in [1.165, 1.54) is 0 Å². The molecule has 0 saturated carbocycles. The molecule has 1 aromatic heterocycles. The van der Waals surface area contributed by atoms with Crippen molar-refractivity contribution in [3.8, 4) is 0 Å². The minimum atomic E-state index is -0.767. The lowest BCUT2D eigenvalue weighted by Gasteiger charge is -2.04. The zero-order valence-corrected chi connectivity index (χ0v) is 9.29. The summed E-state index contributed by atoms with van der Waals surface area (Å²) in [6.45, 7) is 1.26. The van der Waals surface area contributed by atoms with E-state index in [9.17, 15) is 4.79 Å². The van der Waals surface area contributed by atoms with Crippen LogP contribution in [0.5, 0.6) is 0 Å². The van der Waals surface area contributed by atoms with Gasteiger partial charge in [0, 0.05) is 13.5 Å². The first-order valence-corrected chi connectivity index (χ1v) is 5.07. The van der Waals surface area contributed by atoms with E-state index in [4.69, 9.17) is 16.7 Å². The van der Waals surface area contributed by atoms with Gasteiger partial charge in [-0.1, -0.05) is 11.6 Å². The van der Waals surface area contributed by atoms with Gasteiger partial charge in [0.25, 0.3) is 0 Å². The molecule has 0 saturated heterocycles. The van der Waals surface area contributed by atoms with Gasteiger partial charge in [-0.15, -0.1) is 0 Å². The Kier molecular flexibility index (Phi) is 4.58. The van der Waals surface area contributed by atoms with Crippen LogP contribution in [0.25, 0.3) is 0 Å². The average Bonchev–Trinajstić information content (AvgIpc) is 2.48. The van der Waals surface area contributed by atoms with Gasteiger partial charge in [0.2, 0.25) is 0 Å². The Labute approximate surface area is 93.1 Å². The van der Waals surface area contributed by atoms with Crippen LogP contribution in [0.3, 0.4) is 0 Å². The molecule has 5 nitrogen and oxygen atoms in total. The van der Waals surface area contributed by atoms with Crippen LogP contribution < -0.4 is 5.32 Å². The van der Waals surface area contributed by atoms with Gasteiger partial charge in [-0.2, -0.15) is 0 Å².